The van der Waals surface area contributed by atoms with Gasteiger partial charge in [-0.1, -0.05) is 6.58 Å². The van der Waals surface area contributed by atoms with E-state index in [0.29, 0.717) is 24.6 Å². The number of pyridine rings is 1. The van der Waals surface area contributed by atoms with Gasteiger partial charge in [0, 0.05) is 19.2 Å². The first-order valence-corrected chi connectivity index (χ1v) is 6.24. The van der Waals surface area contributed by atoms with Gasteiger partial charge >= 0.3 is 0 Å². The summed E-state index contributed by atoms with van der Waals surface area (Å²) in [5.41, 5.74) is 0.370. The molecule has 1 fully saturated rings. The first kappa shape index (κ1) is 12.6. The molecule has 1 aromatic rings. The van der Waals surface area contributed by atoms with E-state index < -0.39 is 11.9 Å². The van der Waals surface area contributed by atoms with Crippen molar-refractivity contribution in [1.82, 2.24) is 9.88 Å². The molecular formula is C13H13FN4O2. The largest absolute Gasteiger partial charge is 0.339 e. The second-order valence-electron chi connectivity index (χ2n) is 4.71. The van der Waals surface area contributed by atoms with E-state index >= 15 is 0 Å². The Morgan fingerprint density at radius 3 is 3.10 bits per heavy atom. The van der Waals surface area contributed by atoms with Crippen LogP contribution in [0, 0.1) is 5.82 Å². The molecule has 0 spiro atoms. The number of carbonyl (C=O) groups excluding carboxylic acids is 2. The molecule has 0 saturated carbocycles. The molecule has 6 nitrogen and oxygen atoms in total. The lowest BCUT2D eigenvalue weighted by Crippen LogP contribution is -2.61. The number of nitrogens with one attached hydrogen (secondary N) is 1. The Bertz CT molecular complexity index is 604. The van der Waals surface area contributed by atoms with E-state index in [1.54, 1.807) is 9.80 Å². The number of hydrogen-bond acceptors (Lipinski definition) is 4. The van der Waals surface area contributed by atoms with Crippen molar-refractivity contribution in [3.8, 4) is 0 Å². The minimum atomic E-state index is -0.502. The monoisotopic (exact) mass is 276 g/mol. The summed E-state index contributed by atoms with van der Waals surface area (Å²) in [6.45, 7) is 4.67. The number of rotatable bonds is 1. The molecule has 0 aliphatic carbocycles. The van der Waals surface area contributed by atoms with Crippen molar-refractivity contribution in [2.24, 2.45) is 0 Å². The van der Waals surface area contributed by atoms with E-state index in [2.05, 4.69) is 16.9 Å². The van der Waals surface area contributed by atoms with Crippen LogP contribution in [0.1, 0.15) is 0 Å². The summed E-state index contributed by atoms with van der Waals surface area (Å²) in [4.78, 5) is 31.1. The lowest BCUT2D eigenvalue weighted by Gasteiger charge is -2.43. The van der Waals surface area contributed by atoms with E-state index in [1.165, 1.54) is 12.1 Å². The summed E-state index contributed by atoms with van der Waals surface area (Å²) in [7, 11) is 0. The number of halogens is 1. The van der Waals surface area contributed by atoms with Gasteiger partial charge in [0.1, 0.15) is 11.9 Å². The van der Waals surface area contributed by atoms with Crippen molar-refractivity contribution in [3.05, 3.63) is 30.7 Å². The van der Waals surface area contributed by atoms with Crippen molar-refractivity contribution < 1.29 is 14.0 Å². The summed E-state index contributed by atoms with van der Waals surface area (Å²) in [6, 6.07) is 0.746. The molecule has 0 aromatic carbocycles. The minimum absolute atomic E-state index is 0.199. The molecule has 2 amide bonds. The van der Waals surface area contributed by atoms with Crippen molar-refractivity contribution in [1.29, 1.82) is 0 Å². The molecule has 2 aliphatic heterocycles. The first-order chi connectivity index (χ1) is 9.60. The fraction of sp³-hybridized carbons (Fsp3) is 0.308. The molecule has 20 heavy (non-hydrogen) atoms. The van der Waals surface area contributed by atoms with Crippen molar-refractivity contribution in [2.75, 3.05) is 29.9 Å². The lowest BCUT2D eigenvalue weighted by molar-refractivity contribution is -0.128. The van der Waals surface area contributed by atoms with E-state index in [1.807, 2.05) is 0 Å². The van der Waals surface area contributed by atoms with Gasteiger partial charge in [0.25, 0.3) is 0 Å². The average molecular weight is 276 g/mol. The van der Waals surface area contributed by atoms with Gasteiger partial charge in [-0.05, 0) is 6.08 Å². The molecule has 0 radical (unpaired) electrons. The molecule has 1 aromatic heterocycles. The number of nitrogens with zero attached hydrogens (tertiary/aromatic N) is 3. The number of fused-ring (bicyclic) bond motifs is 3. The van der Waals surface area contributed by atoms with Crippen LogP contribution in [0.3, 0.4) is 0 Å². The van der Waals surface area contributed by atoms with Gasteiger partial charge in [0.15, 0.2) is 5.82 Å². The fourth-order valence-electron chi connectivity index (χ4n) is 2.56. The van der Waals surface area contributed by atoms with Gasteiger partial charge in [-0.2, -0.15) is 0 Å². The molecule has 0 unspecified atom stereocenters. The third kappa shape index (κ3) is 1.91. The Labute approximate surface area is 114 Å². The summed E-state index contributed by atoms with van der Waals surface area (Å²) in [5, 5.41) is 2.63. The zero-order chi connectivity index (χ0) is 14.3. The van der Waals surface area contributed by atoms with Crippen LogP contribution < -0.4 is 10.2 Å². The van der Waals surface area contributed by atoms with Crippen molar-refractivity contribution >= 4 is 23.3 Å². The highest BCUT2D eigenvalue weighted by Gasteiger charge is 2.39. The molecular weight excluding hydrogens is 263 g/mol. The Morgan fingerprint density at radius 2 is 2.35 bits per heavy atom. The van der Waals surface area contributed by atoms with Gasteiger partial charge in [0.05, 0.1) is 18.4 Å². The number of piperazine rings is 1. The summed E-state index contributed by atoms with van der Waals surface area (Å²) < 4.78 is 13.2. The average Bonchev–Trinajstić information content (AvgIpc) is 2.46. The fourth-order valence-corrected chi connectivity index (χ4v) is 2.56. The second-order valence-corrected chi connectivity index (χ2v) is 4.71. The van der Waals surface area contributed by atoms with E-state index in [4.69, 9.17) is 0 Å². The third-order valence-corrected chi connectivity index (χ3v) is 3.53. The highest BCUT2D eigenvalue weighted by Crippen LogP contribution is 2.31. The molecule has 1 atom stereocenters. The predicted molar refractivity (Wildman–Crippen MR) is 70.7 cm³/mol. The van der Waals surface area contributed by atoms with Gasteiger partial charge in [-0.25, -0.2) is 9.37 Å². The standard InChI is InChI=1S/C13H13FN4O2/c1-2-11(19)17-3-4-18-10(7-17)13(20)16-9-5-8(14)6-15-12(9)18/h2,5-6,10H,1,3-4,7H2,(H,16,20)/t10-/m0/s1. The molecule has 0 bridgehead atoms. The molecule has 1 saturated heterocycles. The summed E-state index contributed by atoms with van der Waals surface area (Å²) in [5.74, 6) is -0.411. The van der Waals surface area contributed by atoms with Gasteiger partial charge in [0.2, 0.25) is 11.8 Å². The molecule has 2 aliphatic rings. The zero-order valence-electron chi connectivity index (χ0n) is 10.7. The molecule has 7 heteroatoms. The van der Waals surface area contributed by atoms with E-state index in [-0.39, 0.29) is 18.4 Å². The first-order valence-electron chi connectivity index (χ1n) is 6.24. The van der Waals surface area contributed by atoms with Crippen LogP contribution in [0.2, 0.25) is 0 Å². The highest BCUT2D eigenvalue weighted by molar-refractivity contribution is 6.03. The van der Waals surface area contributed by atoms with Crippen LogP contribution >= 0.6 is 0 Å². The molecule has 3 heterocycles. The van der Waals surface area contributed by atoms with Crippen LogP contribution in [0.15, 0.2) is 24.9 Å². The Morgan fingerprint density at radius 1 is 1.55 bits per heavy atom. The van der Waals surface area contributed by atoms with E-state index in [9.17, 15) is 14.0 Å². The SMILES string of the molecule is C=CC(=O)N1CCN2c3ncc(F)cc3NC(=O)[C@@H]2C1. The van der Waals surface area contributed by atoms with E-state index in [0.717, 1.165) is 6.20 Å². The van der Waals surface area contributed by atoms with Gasteiger partial charge < -0.3 is 15.1 Å². The Kier molecular flexibility index (Phi) is 2.89. The number of carbonyl (C=O) groups is 2. The number of anilines is 2. The maximum atomic E-state index is 13.2. The van der Waals surface area contributed by atoms with Crippen LogP contribution in [0.4, 0.5) is 15.9 Å². The van der Waals surface area contributed by atoms with Gasteiger partial charge in [-0.3, -0.25) is 9.59 Å². The Hall–Kier alpha value is -2.44. The molecule has 104 valence electrons. The minimum Gasteiger partial charge on any atom is -0.339 e. The highest BCUT2D eigenvalue weighted by atomic mass is 19.1. The Balaban J connectivity index is 1.91. The predicted octanol–water partition coefficient (Wildman–Crippen LogP) is 0.376. The van der Waals surface area contributed by atoms with Crippen LogP contribution in [-0.2, 0) is 9.59 Å². The van der Waals surface area contributed by atoms with Crippen molar-refractivity contribution in [2.45, 2.75) is 6.04 Å². The van der Waals surface area contributed by atoms with Crippen LogP contribution in [-0.4, -0.2) is 47.4 Å². The maximum Gasteiger partial charge on any atom is 0.249 e. The number of amides is 2. The maximum absolute atomic E-state index is 13.2. The molecule has 3 rings (SSSR count). The van der Waals surface area contributed by atoms with Crippen LogP contribution in [0.5, 0.6) is 0 Å². The lowest BCUT2D eigenvalue weighted by atomic mass is 10.1. The zero-order valence-corrected chi connectivity index (χ0v) is 10.7. The normalized spacial score (nSPS) is 20.9. The van der Waals surface area contributed by atoms with Crippen molar-refractivity contribution in [3.63, 3.8) is 0 Å². The number of hydrogen-bond donors (Lipinski definition) is 1. The van der Waals surface area contributed by atoms with Gasteiger partial charge in [-0.15, -0.1) is 0 Å². The quantitative estimate of drug-likeness (QED) is 0.753. The second kappa shape index (κ2) is 4.59. The molecule has 1 N–H and O–H groups in total. The number of aromatic nitrogens is 1. The summed E-state index contributed by atoms with van der Waals surface area (Å²) >= 11 is 0. The summed E-state index contributed by atoms with van der Waals surface area (Å²) in [6.07, 6.45) is 2.35. The van der Waals surface area contributed by atoms with Crippen LogP contribution in [0.25, 0.3) is 0 Å². The smallest absolute Gasteiger partial charge is 0.249 e. The third-order valence-electron chi connectivity index (χ3n) is 3.53. The topological polar surface area (TPSA) is 65.5 Å².